The van der Waals surface area contributed by atoms with Crippen molar-refractivity contribution in [3.8, 4) is 0 Å². The molecule has 17 heavy (non-hydrogen) atoms. The molecule has 4 heteroatoms. The third-order valence-corrected chi connectivity index (χ3v) is 4.80. The Morgan fingerprint density at radius 1 is 1.35 bits per heavy atom. The van der Waals surface area contributed by atoms with Crippen molar-refractivity contribution in [2.45, 2.75) is 23.8 Å². The number of benzene rings is 1. The third kappa shape index (κ3) is 3.88. The maximum absolute atomic E-state index is 6.23. The molecule has 2 rings (SSSR count). The average molecular weight is 272 g/mol. The van der Waals surface area contributed by atoms with Crippen molar-refractivity contribution in [2.24, 2.45) is 11.7 Å². The van der Waals surface area contributed by atoms with Crippen LogP contribution in [0.25, 0.3) is 0 Å². The maximum atomic E-state index is 6.23. The van der Waals surface area contributed by atoms with E-state index < -0.39 is 0 Å². The lowest BCUT2D eigenvalue weighted by Crippen LogP contribution is -2.36. The van der Waals surface area contributed by atoms with Gasteiger partial charge in [0.2, 0.25) is 0 Å². The Bertz CT molecular complexity index is 355. The summed E-state index contributed by atoms with van der Waals surface area (Å²) in [4.78, 5) is 1.12. The summed E-state index contributed by atoms with van der Waals surface area (Å²) in [7, 11) is 0. The van der Waals surface area contributed by atoms with E-state index in [0.29, 0.717) is 5.92 Å². The van der Waals surface area contributed by atoms with Gasteiger partial charge in [-0.2, -0.15) is 0 Å². The first-order valence-corrected chi connectivity index (χ1v) is 7.34. The zero-order chi connectivity index (χ0) is 12.1. The Kier molecular flexibility index (Phi) is 5.16. The van der Waals surface area contributed by atoms with Crippen LogP contribution in [0.5, 0.6) is 0 Å². The van der Waals surface area contributed by atoms with Gasteiger partial charge in [0.05, 0.1) is 5.02 Å². The molecule has 0 spiro atoms. The minimum Gasteiger partial charge on any atom is -0.381 e. The van der Waals surface area contributed by atoms with Gasteiger partial charge in [0.25, 0.3) is 0 Å². The van der Waals surface area contributed by atoms with Gasteiger partial charge < -0.3 is 10.5 Å². The van der Waals surface area contributed by atoms with Gasteiger partial charge in [0.15, 0.2) is 0 Å². The first-order valence-electron chi connectivity index (χ1n) is 5.98. The Labute approximate surface area is 112 Å². The number of ether oxygens (including phenoxy) is 1. The molecule has 2 nitrogen and oxygen atoms in total. The molecule has 0 saturated carbocycles. The van der Waals surface area contributed by atoms with Crippen LogP contribution in [-0.4, -0.2) is 25.0 Å². The van der Waals surface area contributed by atoms with Crippen molar-refractivity contribution in [2.75, 3.05) is 19.0 Å². The van der Waals surface area contributed by atoms with Crippen LogP contribution in [0, 0.1) is 5.92 Å². The van der Waals surface area contributed by atoms with Crippen molar-refractivity contribution in [3.63, 3.8) is 0 Å². The maximum Gasteiger partial charge on any atom is 0.0541 e. The summed E-state index contributed by atoms with van der Waals surface area (Å²) in [6.07, 6.45) is 2.18. The molecule has 1 aliphatic rings. The molecule has 0 radical (unpaired) electrons. The lowest BCUT2D eigenvalue weighted by Gasteiger charge is -2.27. The highest BCUT2D eigenvalue weighted by atomic mass is 35.5. The normalized spacial score (nSPS) is 19.2. The lowest BCUT2D eigenvalue weighted by molar-refractivity contribution is 0.0607. The van der Waals surface area contributed by atoms with Crippen LogP contribution in [0.15, 0.2) is 29.2 Å². The molecular formula is C13H18ClNOS. The molecule has 1 unspecified atom stereocenters. The topological polar surface area (TPSA) is 35.2 Å². The molecule has 1 aromatic rings. The van der Waals surface area contributed by atoms with Crippen LogP contribution in [0.3, 0.4) is 0 Å². The summed E-state index contributed by atoms with van der Waals surface area (Å²) in [5.74, 6) is 1.52. The molecule has 1 aromatic carbocycles. The fraction of sp³-hybridized carbons (Fsp3) is 0.538. The first kappa shape index (κ1) is 13.2. The molecule has 1 saturated heterocycles. The largest absolute Gasteiger partial charge is 0.381 e. The average Bonchev–Trinajstić information content (AvgIpc) is 2.38. The SMILES string of the molecule is NC(CSc1ccccc1Cl)C1CCOCC1. The van der Waals surface area contributed by atoms with Gasteiger partial charge in [-0.1, -0.05) is 23.7 Å². The Hall–Kier alpha value is -0.220. The van der Waals surface area contributed by atoms with Gasteiger partial charge in [-0.05, 0) is 30.9 Å². The summed E-state index contributed by atoms with van der Waals surface area (Å²) in [5, 5.41) is 0.816. The van der Waals surface area contributed by atoms with Crippen LogP contribution in [0.1, 0.15) is 12.8 Å². The Morgan fingerprint density at radius 2 is 2.06 bits per heavy atom. The van der Waals surface area contributed by atoms with E-state index in [2.05, 4.69) is 0 Å². The number of nitrogens with two attached hydrogens (primary N) is 1. The Morgan fingerprint density at radius 3 is 2.76 bits per heavy atom. The van der Waals surface area contributed by atoms with Gasteiger partial charge in [0, 0.05) is 29.9 Å². The quantitative estimate of drug-likeness (QED) is 0.855. The van der Waals surface area contributed by atoms with Crippen LogP contribution >= 0.6 is 23.4 Å². The summed E-state index contributed by atoms with van der Waals surface area (Å²) in [6.45, 7) is 1.71. The van der Waals surface area contributed by atoms with Crippen molar-refractivity contribution >= 4 is 23.4 Å². The second kappa shape index (κ2) is 6.64. The fourth-order valence-electron chi connectivity index (χ4n) is 2.03. The molecule has 1 atom stereocenters. The number of hydrogen-bond donors (Lipinski definition) is 1. The summed E-state index contributed by atoms with van der Waals surface area (Å²) in [6, 6.07) is 8.16. The second-order valence-corrected chi connectivity index (χ2v) is 5.82. The molecule has 1 fully saturated rings. The van der Waals surface area contributed by atoms with Crippen molar-refractivity contribution in [3.05, 3.63) is 29.3 Å². The summed E-state index contributed by atoms with van der Waals surface area (Å²) >= 11 is 7.86. The second-order valence-electron chi connectivity index (χ2n) is 4.36. The molecule has 94 valence electrons. The summed E-state index contributed by atoms with van der Waals surface area (Å²) < 4.78 is 5.35. The van der Waals surface area contributed by atoms with Crippen molar-refractivity contribution in [1.82, 2.24) is 0 Å². The Balaban J connectivity index is 1.83. The van der Waals surface area contributed by atoms with Crippen LogP contribution in [0.2, 0.25) is 5.02 Å². The molecule has 1 heterocycles. The molecule has 0 bridgehead atoms. The van der Waals surface area contributed by atoms with E-state index in [1.807, 2.05) is 24.3 Å². The number of hydrogen-bond acceptors (Lipinski definition) is 3. The van der Waals surface area contributed by atoms with E-state index in [1.54, 1.807) is 11.8 Å². The molecule has 0 amide bonds. The van der Waals surface area contributed by atoms with E-state index in [4.69, 9.17) is 22.1 Å². The van der Waals surface area contributed by atoms with E-state index >= 15 is 0 Å². The lowest BCUT2D eigenvalue weighted by atomic mass is 9.94. The zero-order valence-electron chi connectivity index (χ0n) is 9.77. The van der Waals surface area contributed by atoms with E-state index in [0.717, 1.165) is 41.7 Å². The minimum atomic E-state index is 0.236. The molecule has 2 N–H and O–H groups in total. The van der Waals surface area contributed by atoms with Crippen LogP contribution < -0.4 is 5.73 Å². The molecule has 0 aliphatic carbocycles. The van der Waals surface area contributed by atoms with Crippen molar-refractivity contribution < 1.29 is 4.74 Å². The predicted octanol–water partition coefficient (Wildman–Crippen LogP) is 3.19. The zero-order valence-corrected chi connectivity index (χ0v) is 11.3. The molecule has 0 aromatic heterocycles. The monoisotopic (exact) mass is 271 g/mol. The summed E-state index contributed by atoms with van der Waals surface area (Å²) in [5.41, 5.74) is 6.23. The smallest absolute Gasteiger partial charge is 0.0541 e. The van der Waals surface area contributed by atoms with Crippen LogP contribution in [0.4, 0.5) is 0 Å². The highest BCUT2D eigenvalue weighted by molar-refractivity contribution is 7.99. The van der Waals surface area contributed by atoms with Gasteiger partial charge in [0.1, 0.15) is 0 Å². The predicted molar refractivity (Wildman–Crippen MR) is 73.7 cm³/mol. The minimum absolute atomic E-state index is 0.236. The number of halogens is 1. The highest BCUT2D eigenvalue weighted by Gasteiger charge is 2.21. The first-order chi connectivity index (χ1) is 8.27. The van der Waals surface area contributed by atoms with Gasteiger partial charge in [-0.15, -0.1) is 11.8 Å². The van der Waals surface area contributed by atoms with E-state index in [9.17, 15) is 0 Å². The van der Waals surface area contributed by atoms with Gasteiger partial charge >= 0.3 is 0 Å². The fourth-order valence-corrected chi connectivity index (χ4v) is 3.35. The number of rotatable bonds is 4. The third-order valence-electron chi connectivity index (χ3n) is 3.14. The molecular weight excluding hydrogens is 254 g/mol. The molecule has 1 aliphatic heterocycles. The standard InChI is InChI=1S/C13H18ClNOS/c14-11-3-1-2-4-13(11)17-9-12(15)10-5-7-16-8-6-10/h1-4,10,12H,5-9,15H2. The van der Waals surface area contributed by atoms with Gasteiger partial charge in [-0.3, -0.25) is 0 Å². The highest BCUT2D eigenvalue weighted by Crippen LogP contribution is 2.29. The van der Waals surface area contributed by atoms with Crippen LogP contribution in [-0.2, 0) is 4.74 Å². The van der Waals surface area contributed by atoms with E-state index in [-0.39, 0.29) is 6.04 Å². The van der Waals surface area contributed by atoms with E-state index in [1.165, 1.54) is 0 Å². The number of thioether (sulfide) groups is 1. The van der Waals surface area contributed by atoms with Crippen molar-refractivity contribution in [1.29, 1.82) is 0 Å². The van der Waals surface area contributed by atoms with Gasteiger partial charge in [-0.25, -0.2) is 0 Å².